The first-order chi connectivity index (χ1) is 33.7. The average Bonchev–Trinajstić information content (AvgIpc) is 3.97. The number of thiophene rings is 1. The van der Waals surface area contributed by atoms with E-state index < -0.39 is 16.1 Å². The van der Waals surface area contributed by atoms with Gasteiger partial charge in [-0.05, 0) is 84.0 Å². The molecule has 3 aromatic heterocycles. The van der Waals surface area contributed by atoms with E-state index in [0.717, 1.165) is 28.2 Å². The standard InChI is InChI=1S/C61H44N4SSi2/c1-64-51-35-16-15-34-50(51)63-61(64)43-23-22-32-48(41-43)67(44-24-6-2-7-25-44,45-26-8-3-9-27-45)56-42-53-60(59-58(56)49-33-14-18-37-54(49)66-59)68(46-28-10-4-11-29-46,47-30-12-5-13-31-47)55-38-19-17-36-52(55)65(53)57-39-20-21-40-62-57/h2-42H,1H3. The Hall–Kier alpha value is -7.95. The summed E-state index contributed by atoms with van der Waals surface area (Å²) in [5.41, 5.74) is 5.55. The fraction of sp³-hybridized carbons (Fsp3) is 0.0164. The third kappa shape index (κ3) is 5.89. The maximum absolute atomic E-state index is 5.27. The molecule has 7 heteroatoms. The predicted octanol–water partition coefficient (Wildman–Crippen LogP) is 9.54. The van der Waals surface area contributed by atoms with Gasteiger partial charge in [-0.1, -0.05) is 200 Å². The van der Waals surface area contributed by atoms with Gasteiger partial charge < -0.3 is 4.57 Å². The van der Waals surface area contributed by atoms with E-state index in [1.807, 2.05) is 23.6 Å². The van der Waals surface area contributed by atoms with Gasteiger partial charge >= 0.3 is 0 Å². The van der Waals surface area contributed by atoms with Crippen molar-refractivity contribution in [2.75, 3.05) is 4.90 Å². The largest absolute Gasteiger partial charge is 0.327 e. The molecule has 0 saturated carbocycles. The number of benzene rings is 9. The van der Waals surface area contributed by atoms with Crippen LogP contribution in [0.25, 0.3) is 42.6 Å². The van der Waals surface area contributed by atoms with Crippen molar-refractivity contribution in [1.29, 1.82) is 0 Å². The van der Waals surface area contributed by atoms with Crippen LogP contribution in [-0.2, 0) is 7.05 Å². The Morgan fingerprint density at radius 1 is 0.515 bits per heavy atom. The Balaban J connectivity index is 1.26. The van der Waals surface area contributed by atoms with Gasteiger partial charge in [-0.3, -0.25) is 4.90 Å². The summed E-state index contributed by atoms with van der Waals surface area (Å²) in [4.78, 5) is 13.0. The number of fused-ring (bicyclic) bond motifs is 7. The first-order valence-corrected chi connectivity index (χ1v) is 28.0. The highest BCUT2D eigenvalue weighted by Crippen LogP contribution is 2.43. The van der Waals surface area contributed by atoms with E-state index in [-0.39, 0.29) is 0 Å². The van der Waals surface area contributed by atoms with Crippen LogP contribution in [-0.4, -0.2) is 30.7 Å². The van der Waals surface area contributed by atoms with Gasteiger partial charge in [-0.2, -0.15) is 0 Å². The highest BCUT2D eigenvalue weighted by Gasteiger charge is 2.53. The summed E-state index contributed by atoms with van der Waals surface area (Å²) in [6.45, 7) is 0. The summed E-state index contributed by atoms with van der Waals surface area (Å²) in [5, 5.41) is 13.4. The second kappa shape index (κ2) is 16.1. The Bertz CT molecular complexity index is 3740. The summed E-state index contributed by atoms with van der Waals surface area (Å²) in [6, 6.07) is 90.7. The second-order valence-corrected chi connectivity index (χ2v) is 26.2. The summed E-state index contributed by atoms with van der Waals surface area (Å²) in [5.74, 6) is 1.85. The van der Waals surface area contributed by atoms with Crippen LogP contribution in [0, 0.1) is 0 Å². The van der Waals surface area contributed by atoms with E-state index in [0.29, 0.717) is 0 Å². The number of pyridine rings is 1. The van der Waals surface area contributed by atoms with Gasteiger partial charge in [-0.15, -0.1) is 11.3 Å². The van der Waals surface area contributed by atoms with Crippen molar-refractivity contribution >= 4 is 117 Å². The maximum atomic E-state index is 5.27. The van der Waals surface area contributed by atoms with E-state index in [1.165, 1.54) is 73.0 Å². The molecular weight excluding hydrogens is 877 g/mol. The van der Waals surface area contributed by atoms with Crippen LogP contribution in [0.3, 0.4) is 0 Å². The van der Waals surface area contributed by atoms with Crippen LogP contribution >= 0.6 is 11.3 Å². The monoisotopic (exact) mass is 920 g/mol. The van der Waals surface area contributed by atoms with Gasteiger partial charge in [0.15, 0.2) is 16.1 Å². The van der Waals surface area contributed by atoms with Gasteiger partial charge in [0.05, 0.1) is 11.0 Å². The number of imidazole rings is 1. The molecule has 0 bridgehead atoms. The van der Waals surface area contributed by atoms with Crippen molar-refractivity contribution in [3.63, 3.8) is 0 Å². The van der Waals surface area contributed by atoms with Crippen molar-refractivity contribution in [2.45, 2.75) is 0 Å². The molecule has 4 heterocycles. The third-order valence-corrected chi connectivity index (χ3v) is 25.3. The quantitative estimate of drug-likeness (QED) is 0.113. The molecule has 0 unspecified atom stereocenters. The van der Waals surface area contributed by atoms with Crippen LogP contribution < -0.4 is 46.4 Å². The topological polar surface area (TPSA) is 34.0 Å². The fourth-order valence-corrected chi connectivity index (χ4v) is 23.5. The molecule has 0 fully saturated rings. The van der Waals surface area contributed by atoms with Crippen LogP contribution in [0.2, 0.25) is 0 Å². The molecule has 13 rings (SSSR count). The van der Waals surface area contributed by atoms with Crippen molar-refractivity contribution in [1.82, 2.24) is 14.5 Å². The number of aromatic nitrogens is 3. The Labute approximate surface area is 401 Å². The van der Waals surface area contributed by atoms with Crippen molar-refractivity contribution in [3.05, 3.63) is 249 Å². The van der Waals surface area contributed by atoms with Gasteiger partial charge in [0, 0.05) is 50.4 Å². The smallest absolute Gasteiger partial charge is 0.185 e. The number of hydrogen-bond donors (Lipinski definition) is 0. The lowest BCUT2D eigenvalue weighted by Gasteiger charge is -2.46. The Morgan fingerprint density at radius 2 is 1.12 bits per heavy atom. The molecule has 0 aliphatic carbocycles. The highest BCUT2D eigenvalue weighted by atomic mass is 32.1. The zero-order valence-electron chi connectivity index (χ0n) is 37.4. The normalized spacial score (nSPS) is 13.2. The maximum Gasteiger partial charge on any atom is 0.185 e. The lowest BCUT2D eigenvalue weighted by molar-refractivity contribution is 0.959. The molecular formula is C61H44N4SSi2. The van der Waals surface area contributed by atoms with Crippen molar-refractivity contribution in [3.8, 4) is 11.4 Å². The summed E-state index contributed by atoms with van der Waals surface area (Å²) < 4.78 is 4.86. The van der Waals surface area contributed by atoms with Crippen LogP contribution in [0.1, 0.15) is 0 Å². The molecule has 322 valence electrons. The van der Waals surface area contributed by atoms with E-state index in [2.05, 4.69) is 253 Å². The zero-order valence-corrected chi connectivity index (χ0v) is 40.2. The number of anilines is 3. The summed E-state index contributed by atoms with van der Waals surface area (Å²) in [6.07, 6.45) is 1.93. The number of para-hydroxylation sites is 3. The van der Waals surface area contributed by atoms with E-state index in [9.17, 15) is 0 Å². The molecule has 0 radical (unpaired) electrons. The van der Waals surface area contributed by atoms with Crippen LogP contribution in [0.15, 0.2) is 249 Å². The SMILES string of the molecule is Cn1c(-c2cccc([Si](c3ccccc3)(c3ccccc3)c3cc4c(c5sc6ccccc6c35)[Si](c3ccccc3)(c3ccccc3)c3ccccc3N4c3ccccn3)c2)nc2ccccc21. The van der Waals surface area contributed by atoms with Crippen molar-refractivity contribution in [2.24, 2.45) is 7.05 Å². The third-order valence-electron chi connectivity index (χ3n) is 14.2. The van der Waals surface area contributed by atoms with E-state index >= 15 is 0 Å². The number of aryl methyl sites for hydroxylation is 1. The lowest BCUT2D eigenvalue weighted by Crippen LogP contribution is -2.78. The second-order valence-electron chi connectivity index (χ2n) is 17.7. The molecule has 68 heavy (non-hydrogen) atoms. The van der Waals surface area contributed by atoms with Crippen LogP contribution in [0.5, 0.6) is 0 Å². The van der Waals surface area contributed by atoms with Gasteiger partial charge in [-0.25, -0.2) is 9.97 Å². The zero-order chi connectivity index (χ0) is 45.2. The number of rotatable bonds is 8. The predicted molar refractivity (Wildman–Crippen MR) is 292 cm³/mol. The minimum atomic E-state index is -3.31. The number of nitrogens with zero attached hydrogens (tertiary/aromatic N) is 4. The molecule has 9 aromatic carbocycles. The lowest BCUT2D eigenvalue weighted by atomic mass is 10.1. The Morgan fingerprint density at radius 3 is 1.81 bits per heavy atom. The fourth-order valence-electron chi connectivity index (χ4n) is 11.5. The molecule has 1 aliphatic heterocycles. The van der Waals surface area contributed by atoms with E-state index in [4.69, 9.17) is 9.97 Å². The number of hydrogen-bond acceptors (Lipinski definition) is 4. The Kier molecular flexibility index (Phi) is 9.57. The van der Waals surface area contributed by atoms with Gasteiger partial charge in [0.2, 0.25) is 0 Å². The van der Waals surface area contributed by atoms with Gasteiger partial charge in [0.1, 0.15) is 11.6 Å². The molecule has 0 saturated heterocycles. The summed E-state index contributed by atoms with van der Waals surface area (Å²) >= 11 is 1.96. The molecule has 12 aromatic rings. The minimum Gasteiger partial charge on any atom is -0.327 e. The first kappa shape index (κ1) is 40.3. The minimum absolute atomic E-state index is 0.895. The van der Waals surface area contributed by atoms with Crippen LogP contribution in [0.4, 0.5) is 17.2 Å². The molecule has 1 aliphatic rings. The van der Waals surface area contributed by atoms with Crippen molar-refractivity contribution < 1.29 is 0 Å². The highest BCUT2D eigenvalue weighted by molar-refractivity contribution is 7.32. The van der Waals surface area contributed by atoms with Gasteiger partial charge in [0.25, 0.3) is 0 Å². The first-order valence-electron chi connectivity index (χ1n) is 23.2. The average molecular weight is 921 g/mol. The molecule has 0 spiro atoms. The molecule has 0 amide bonds. The summed E-state index contributed by atoms with van der Waals surface area (Å²) in [7, 11) is -4.30. The molecule has 0 N–H and O–H groups in total. The van der Waals surface area contributed by atoms with E-state index in [1.54, 1.807) is 0 Å². The molecule has 0 atom stereocenters. The molecule has 4 nitrogen and oxygen atoms in total.